The summed E-state index contributed by atoms with van der Waals surface area (Å²) >= 11 is 0. The summed E-state index contributed by atoms with van der Waals surface area (Å²) in [4.78, 5) is 13.4. The highest BCUT2D eigenvalue weighted by atomic mass is 32.2. The fourth-order valence-corrected chi connectivity index (χ4v) is 3.49. The molecule has 0 aromatic rings. The van der Waals surface area contributed by atoms with Gasteiger partial charge in [0.15, 0.2) is 0 Å². The van der Waals surface area contributed by atoms with E-state index >= 15 is 0 Å². The summed E-state index contributed by atoms with van der Waals surface area (Å²) < 4.78 is 28.5. The Hall–Kier alpha value is -2.04. The zero-order chi connectivity index (χ0) is 18.9. The number of hydrogen-bond acceptors (Lipinski definition) is 5. The van der Waals surface area contributed by atoms with E-state index in [1.54, 1.807) is 13.0 Å². The van der Waals surface area contributed by atoms with Gasteiger partial charge >= 0.3 is 5.97 Å². The summed E-state index contributed by atoms with van der Waals surface area (Å²) in [5.74, 6) is -0.761. The standard InChI is InChI=1S/C17H27N3O3S/c1-8-14(16(20(7)10-3)17(21)23-11-4)12-24(18,22)19-15(9-2)13(5)6/h3,8-9,13,15H,1-2,11-12H2,4-7H3,(H2,18,19,22)/b16-14-/t15-,24?/m1/s1. The van der Waals surface area contributed by atoms with Gasteiger partial charge in [-0.3, -0.25) is 4.90 Å². The van der Waals surface area contributed by atoms with Crippen molar-refractivity contribution in [3.8, 4) is 12.5 Å². The van der Waals surface area contributed by atoms with Gasteiger partial charge in [0, 0.05) is 19.1 Å². The zero-order valence-corrected chi connectivity index (χ0v) is 15.6. The van der Waals surface area contributed by atoms with Crippen LogP contribution in [0, 0.1) is 23.2 Å². The third-order valence-corrected chi connectivity index (χ3v) is 4.58. The molecule has 1 unspecified atom stereocenters. The molecular formula is C17H27N3O3S. The molecule has 0 radical (unpaired) electrons. The average molecular weight is 353 g/mol. The van der Waals surface area contributed by atoms with E-state index in [9.17, 15) is 9.00 Å². The van der Waals surface area contributed by atoms with Gasteiger partial charge in [-0.2, -0.15) is 0 Å². The molecule has 0 aliphatic carbocycles. The van der Waals surface area contributed by atoms with Crippen LogP contribution in [0.15, 0.2) is 36.6 Å². The van der Waals surface area contributed by atoms with Gasteiger partial charge in [-0.05, 0) is 18.4 Å². The summed E-state index contributed by atoms with van der Waals surface area (Å²) in [5, 5.41) is 0. The molecule has 0 amide bonds. The Balaban J connectivity index is 5.77. The van der Waals surface area contributed by atoms with E-state index in [-0.39, 0.29) is 35.6 Å². The number of nitrogens with one attached hydrogen (secondary N) is 2. The molecule has 0 aromatic heterocycles. The second-order valence-electron chi connectivity index (χ2n) is 5.43. The summed E-state index contributed by atoms with van der Waals surface area (Å²) in [7, 11) is -1.73. The van der Waals surface area contributed by atoms with Gasteiger partial charge in [0.05, 0.1) is 12.4 Å². The molecule has 2 atom stereocenters. The molecule has 0 fully saturated rings. The molecule has 0 aliphatic rings. The number of likely N-dealkylation sites (N-methyl/N-ethyl adjacent to an activating group) is 1. The number of terminal acetylenes is 1. The van der Waals surface area contributed by atoms with Gasteiger partial charge in [0.25, 0.3) is 0 Å². The van der Waals surface area contributed by atoms with E-state index in [0.717, 1.165) is 0 Å². The van der Waals surface area contributed by atoms with Crippen LogP contribution in [0.3, 0.4) is 0 Å². The molecule has 0 saturated carbocycles. The van der Waals surface area contributed by atoms with Crippen molar-refractivity contribution in [2.24, 2.45) is 5.92 Å². The highest BCUT2D eigenvalue weighted by Crippen LogP contribution is 2.15. The molecule has 0 spiro atoms. The second-order valence-corrected chi connectivity index (χ2v) is 7.30. The van der Waals surface area contributed by atoms with E-state index in [2.05, 4.69) is 23.9 Å². The molecule has 0 bridgehead atoms. The van der Waals surface area contributed by atoms with Crippen molar-refractivity contribution in [1.82, 2.24) is 9.62 Å². The third-order valence-electron chi connectivity index (χ3n) is 3.21. The lowest BCUT2D eigenvalue weighted by molar-refractivity contribution is -0.139. The number of ether oxygens (including phenoxy) is 1. The molecule has 0 saturated heterocycles. The largest absolute Gasteiger partial charge is 0.461 e. The lowest BCUT2D eigenvalue weighted by Crippen LogP contribution is -2.38. The normalized spacial score (nSPS) is 15.5. The van der Waals surface area contributed by atoms with Crippen LogP contribution in [-0.4, -0.2) is 40.5 Å². The number of hydrogen-bond donors (Lipinski definition) is 2. The van der Waals surface area contributed by atoms with Crippen LogP contribution in [0.4, 0.5) is 0 Å². The minimum absolute atomic E-state index is 0.0517. The van der Waals surface area contributed by atoms with Gasteiger partial charge in [-0.25, -0.2) is 18.5 Å². The minimum Gasteiger partial charge on any atom is -0.461 e. The first-order valence-electron chi connectivity index (χ1n) is 7.52. The molecule has 24 heavy (non-hydrogen) atoms. The number of rotatable bonds is 10. The molecule has 0 heterocycles. The van der Waals surface area contributed by atoms with Crippen LogP contribution in [0.2, 0.25) is 0 Å². The maximum atomic E-state index is 12.6. The maximum Gasteiger partial charge on any atom is 0.355 e. The van der Waals surface area contributed by atoms with E-state index in [1.165, 1.54) is 18.0 Å². The smallest absolute Gasteiger partial charge is 0.355 e. The second kappa shape index (κ2) is 9.96. The van der Waals surface area contributed by atoms with Crippen molar-refractivity contribution in [3.63, 3.8) is 0 Å². The SMILES string of the molecule is C#CN(C)/C(C(=O)OCC)=C(/C=C)CS(=N)(=O)N[C@H](C=C)C(C)C. The first kappa shape index (κ1) is 22.0. The van der Waals surface area contributed by atoms with Gasteiger partial charge in [-0.1, -0.05) is 39.0 Å². The predicted molar refractivity (Wildman–Crippen MR) is 98.1 cm³/mol. The molecule has 6 nitrogen and oxygen atoms in total. The first-order chi connectivity index (χ1) is 11.1. The number of nitrogens with zero attached hydrogens (tertiary/aromatic N) is 1. The molecule has 134 valence electrons. The first-order valence-corrected chi connectivity index (χ1v) is 9.25. The Morgan fingerprint density at radius 1 is 1.50 bits per heavy atom. The number of carbonyl (C=O) groups excluding carboxylic acids is 1. The van der Waals surface area contributed by atoms with E-state index in [4.69, 9.17) is 15.9 Å². The van der Waals surface area contributed by atoms with Crippen molar-refractivity contribution >= 4 is 15.9 Å². The average Bonchev–Trinajstić information content (AvgIpc) is 2.51. The monoisotopic (exact) mass is 353 g/mol. The van der Waals surface area contributed by atoms with Crippen molar-refractivity contribution in [1.29, 1.82) is 4.78 Å². The lowest BCUT2D eigenvalue weighted by Gasteiger charge is -2.22. The minimum atomic E-state index is -3.24. The van der Waals surface area contributed by atoms with Crippen molar-refractivity contribution in [3.05, 3.63) is 36.6 Å². The van der Waals surface area contributed by atoms with Crippen molar-refractivity contribution in [2.45, 2.75) is 26.8 Å². The molecular weight excluding hydrogens is 326 g/mol. The fraction of sp³-hybridized carbons (Fsp3) is 0.471. The number of allylic oxidation sites excluding steroid dienone is 1. The topological polar surface area (TPSA) is 82.5 Å². The highest BCUT2D eigenvalue weighted by molar-refractivity contribution is 7.90. The summed E-state index contributed by atoms with van der Waals surface area (Å²) in [6.45, 7) is 13.0. The molecule has 0 rings (SSSR count). The van der Waals surface area contributed by atoms with Crippen molar-refractivity contribution < 1.29 is 13.7 Å². The van der Waals surface area contributed by atoms with Crippen LogP contribution >= 0.6 is 0 Å². The van der Waals surface area contributed by atoms with Crippen LogP contribution in [0.1, 0.15) is 20.8 Å². The summed E-state index contributed by atoms with van der Waals surface area (Å²) in [5.41, 5.74) is 0.337. The molecule has 2 N–H and O–H groups in total. The molecule has 0 aliphatic heterocycles. The maximum absolute atomic E-state index is 12.6. The predicted octanol–water partition coefficient (Wildman–Crippen LogP) is 2.27. The molecule has 0 aromatic carbocycles. The Bertz CT molecular complexity index is 642. The quantitative estimate of drug-likeness (QED) is 0.158. The van der Waals surface area contributed by atoms with E-state index in [1.807, 2.05) is 13.8 Å². The van der Waals surface area contributed by atoms with Gasteiger partial charge in [0.2, 0.25) is 0 Å². The van der Waals surface area contributed by atoms with Gasteiger partial charge in [-0.15, -0.1) is 6.58 Å². The van der Waals surface area contributed by atoms with Crippen molar-refractivity contribution in [2.75, 3.05) is 19.4 Å². The van der Waals surface area contributed by atoms with E-state index < -0.39 is 15.9 Å². The third kappa shape index (κ3) is 6.60. The number of carbonyl (C=O) groups is 1. The van der Waals surface area contributed by atoms with E-state index in [0.29, 0.717) is 0 Å². The van der Waals surface area contributed by atoms with Crippen LogP contribution in [0.5, 0.6) is 0 Å². The summed E-state index contributed by atoms with van der Waals surface area (Å²) in [6, 6.07) is 2.02. The Labute approximate surface area is 145 Å². The van der Waals surface area contributed by atoms with Gasteiger partial charge < -0.3 is 4.74 Å². The zero-order valence-electron chi connectivity index (χ0n) is 14.8. The van der Waals surface area contributed by atoms with Crippen LogP contribution < -0.4 is 4.72 Å². The highest BCUT2D eigenvalue weighted by Gasteiger charge is 2.23. The lowest BCUT2D eigenvalue weighted by atomic mass is 10.1. The van der Waals surface area contributed by atoms with Crippen LogP contribution in [-0.2, 0) is 19.4 Å². The number of esters is 1. The Morgan fingerprint density at radius 2 is 2.08 bits per heavy atom. The van der Waals surface area contributed by atoms with Crippen LogP contribution in [0.25, 0.3) is 0 Å². The Kier molecular flexibility index (Phi) is 9.11. The molecule has 7 heteroatoms. The Morgan fingerprint density at radius 3 is 2.46 bits per heavy atom. The summed E-state index contributed by atoms with van der Waals surface area (Å²) in [6.07, 6.45) is 8.33. The fourth-order valence-electron chi connectivity index (χ4n) is 1.91. The van der Waals surface area contributed by atoms with Gasteiger partial charge in [0.1, 0.15) is 15.6 Å².